The summed E-state index contributed by atoms with van der Waals surface area (Å²) >= 11 is 0. The summed E-state index contributed by atoms with van der Waals surface area (Å²) < 4.78 is 41.5. The lowest BCUT2D eigenvalue weighted by Crippen LogP contribution is -2.38. The average molecular weight is 693 g/mol. The summed E-state index contributed by atoms with van der Waals surface area (Å²) in [4.78, 5) is 27.0. The number of hydrogen-bond acceptors (Lipinski definition) is 4. The van der Waals surface area contributed by atoms with Crippen LogP contribution in [-0.2, 0) is 11.7 Å². The molecule has 5 aromatic carbocycles. The Morgan fingerprint density at radius 2 is 1.21 bits per heavy atom. The minimum absolute atomic E-state index is 0.0390. The maximum atomic E-state index is 13.5. The number of nitrogens with one attached hydrogen (secondary N) is 2. The molecular formula is C42H31F3N6O. The van der Waals surface area contributed by atoms with Gasteiger partial charge in [-0.15, -0.1) is 0 Å². The first-order chi connectivity index (χ1) is 25.2. The zero-order chi connectivity index (χ0) is 35.9. The molecule has 3 heterocycles. The molecule has 8 aromatic rings. The van der Waals surface area contributed by atoms with Crippen molar-refractivity contribution in [1.82, 2.24) is 30.0 Å². The fraction of sp³-hybridized carbons (Fsp3) is 0.0952. The van der Waals surface area contributed by atoms with Gasteiger partial charge in [-0.2, -0.15) is 13.2 Å². The molecule has 1 atom stereocenters. The lowest BCUT2D eigenvalue weighted by Gasteiger charge is -2.37. The van der Waals surface area contributed by atoms with Crippen LogP contribution in [0.3, 0.4) is 0 Å². The summed E-state index contributed by atoms with van der Waals surface area (Å²) in [6, 6.07) is 42.8. The van der Waals surface area contributed by atoms with E-state index in [-0.39, 0.29) is 5.82 Å². The minimum atomic E-state index is -4.45. The molecular weight excluding hydrogens is 661 g/mol. The van der Waals surface area contributed by atoms with Crippen molar-refractivity contribution in [3.8, 4) is 11.3 Å². The number of imidazole rings is 1. The zero-order valence-electron chi connectivity index (χ0n) is 27.8. The normalized spacial score (nSPS) is 12.6. The third-order valence-corrected chi connectivity index (χ3v) is 9.45. The van der Waals surface area contributed by atoms with Crippen LogP contribution in [0.2, 0.25) is 0 Å². The molecule has 0 saturated carbocycles. The number of amides is 1. The van der Waals surface area contributed by atoms with Crippen molar-refractivity contribution >= 4 is 27.8 Å². The largest absolute Gasteiger partial charge is 0.416 e. The van der Waals surface area contributed by atoms with E-state index >= 15 is 0 Å². The van der Waals surface area contributed by atoms with Gasteiger partial charge in [0.1, 0.15) is 5.54 Å². The van der Waals surface area contributed by atoms with Gasteiger partial charge in [-0.1, -0.05) is 103 Å². The zero-order valence-corrected chi connectivity index (χ0v) is 27.8. The Hall–Kier alpha value is -6.55. The predicted molar refractivity (Wildman–Crippen MR) is 195 cm³/mol. The van der Waals surface area contributed by atoms with Crippen molar-refractivity contribution < 1.29 is 18.0 Å². The molecule has 0 bridgehead atoms. The maximum absolute atomic E-state index is 13.5. The molecule has 0 fully saturated rings. The van der Waals surface area contributed by atoms with Crippen LogP contribution in [0.4, 0.5) is 13.2 Å². The van der Waals surface area contributed by atoms with Crippen LogP contribution in [0.1, 0.15) is 51.4 Å². The van der Waals surface area contributed by atoms with E-state index in [1.54, 1.807) is 19.3 Å². The van der Waals surface area contributed by atoms with Gasteiger partial charge in [0.2, 0.25) is 5.82 Å². The molecule has 8 rings (SSSR count). The third-order valence-electron chi connectivity index (χ3n) is 9.45. The number of aromatic nitrogens is 5. The molecule has 3 aromatic heterocycles. The first kappa shape index (κ1) is 32.6. The Bertz CT molecular complexity index is 2400. The molecule has 0 spiro atoms. The van der Waals surface area contributed by atoms with Gasteiger partial charge < -0.3 is 5.32 Å². The Kier molecular flexibility index (Phi) is 8.14. The number of carbonyl (C=O) groups excluding carboxylic acids is 1. The molecule has 1 amide bonds. The molecule has 2 N–H and O–H groups in total. The Morgan fingerprint density at radius 1 is 0.692 bits per heavy atom. The van der Waals surface area contributed by atoms with E-state index in [1.165, 1.54) is 12.1 Å². The number of carbonyl (C=O) groups is 1. The van der Waals surface area contributed by atoms with Gasteiger partial charge in [-0.25, -0.2) is 9.97 Å². The molecule has 10 heteroatoms. The fourth-order valence-electron chi connectivity index (χ4n) is 6.95. The van der Waals surface area contributed by atoms with Crippen LogP contribution >= 0.6 is 0 Å². The second-order valence-corrected chi connectivity index (χ2v) is 12.6. The van der Waals surface area contributed by atoms with Gasteiger partial charge in [0, 0.05) is 23.3 Å². The van der Waals surface area contributed by atoms with Crippen molar-refractivity contribution in [1.29, 1.82) is 0 Å². The number of fused-ring (bicyclic) bond motifs is 2. The maximum Gasteiger partial charge on any atom is 0.416 e. The minimum Gasteiger partial charge on any atom is -0.343 e. The highest BCUT2D eigenvalue weighted by molar-refractivity contribution is 6.03. The summed E-state index contributed by atoms with van der Waals surface area (Å²) in [7, 11) is 0. The van der Waals surface area contributed by atoms with E-state index in [9.17, 15) is 18.0 Å². The van der Waals surface area contributed by atoms with Gasteiger partial charge in [-0.3, -0.25) is 19.6 Å². The molecule has 0 saturated heterocycles. The van der Waals surface area contributed by atoms with E-state index in [1.807, 2.05) is 78.9 Å². The number of alkyl halides is 3. The Morgan fingerprint density at radius 3 is 1.73 bits per heavy atom. The van der Waals surface area contributed by atoms with Crippen LogP contribution < -0.4 is 5.32 Å². The Balaban J connectivity index is 1.31. The number of aromatic amines is 1. The number of hydrogen-bond donors (Lipinski definition) is 2. The van der Waals surface area contributed by atoms with Gasteiger partial charge in [-0.05, 0) is 65.6 Å². The summed E-state index contributed by atoms with van der Waals surface area (Å²) in [5.74, 6) is -0.577. The first-order valence-electron chi connectivity index (χ1n) is 16.7. The van der Waals surface area contributed by atoms with Crippen molar-refractivity contribution in [3.63, 3.8) is 0 Å². The number of halogens is 3. The summed E-state index contributed by atoms with van der Waals surface area (Å²) in [5, 5.41) is 7.48. The highest BCUT2D eigenvalue weighted by Gasteiger charge is 2.40. The van der Waals surface area contributed by atoms with E-state index in [2.05, 4.69) is 66.4 Å². The highest BCUT2D eigenvalue weighted by atomic mass is 19.4. The SMILES string of the molecule is C[C@@H](NC(=O)c1nc2cc3c(-c4ccncc4)[nH]n(C(c4ccccc4)(c4ccccc4)c4ccccc4)c3cc2n1)c1ccc(C(F)(F)F)cc1. The monoisotopic (exact) mass is 692 g/mol. The van der Waals surface area contributed by atoms with Crippen molar-refractivity contribution in [2.45, 2.75) is 24.7 Å². The summed E-state index contributed by atoms with van der Waals surface area (Å²) in [5.41, 5.74) is 5.54. The molecule has 256 valence electrons. The number of nitrogens with zero attached hydrogens (tertiary/aromatic N) is 4. The number of benzene rings is 5. The number of pyridine rings is 1. The van der Waals surface area contributed by atoms with Gasteiger partial charge in [0.15, 0.2) is 0 Å². The first-order valence-corrected chi connectivity index (χ1v) is 16.7. The second kappa shape index (κ2) is 13.0. The molecule has 52 heavy (non-hydrogen) atoms. The lowest BCUT2D eigenvalue weighted by atomic mass is 9.77. The number of H-pyrrole nitrogens is 1. The van der Waals surface area contributed by atoms with Gasteiger partial charge in [0.25, 0.3) is 5.91 Å². The van der Waals surface area contributed by atoms with E-state index in [0.717, 1.165) is 51.0 Å². The van der Waals surface area contributed by atoms with Crippen LogP contribution in [0.5, 0.6) is 0 Å². The van der Waals surface area contributed by atoms with Gasteiger partial charge >= 0.3 is 6.18 Å². The van der Waals surface area contributed by atoms with Gasteiger partial charge in [0.05, 0.1) is 33.8 Å². The Labute approximate surface area is 296 Å². The predicted octanol–water partition coefficient (Wildman–Crippen LogP) is 9.32. The van der Waals surface area contributed by atoms with Crippen LogP contribution in [0.15, 0.2) is 152 Å². The van der Waals surface area contributed by atoms with Crippen molar-refractivity contribution in [2.75, 3.05) is 0 Å². The van der Waals surface area contributed by atoms with E-state index in [0.29, 0.717) is 16.6 Å². The lowest BCUT2D eigenvalue weighted by molar-refractivity contribution is -0.137. The molecule has 0 aliphatic carbocycles. The third kappa shape index (κ3) is 5.68. The molecule has 0 radical (unpaired) electrons. The topological polar surface area (TPSA) is 88.5 Å². The standard InChI is InChI=1S/C42H31F3N6O/c1-27(28-17-19-33(20-18-28)42(43,44)45)47-40(52)39-48-35-25-34-37(26-36(35)49-39)51(50-38(34)29-21-23-46-24-22-29)41(30-11-5-2-6-12-30,31-13-7-3-8-14-31)32-15-9-4-10-16-32/h2-27,50H,1H3,(H,47,52)/t27-/m1/s1. The summed E-state index contributed by atoms with van der Waals surface area (Å²) in [6.45, 7) is 1.70. The summed E-state index contributed by atoms with van der Waals surface area (Å²) in [6.07, 6.45) is -0.962. The van der Waals surface area contributed by atoms with Crippen molar-refractivity contribution in [3.05, 3.63) is 186 Å². The molecule has 0 unspecified atom stereocenters. The number of rotatable bonds is 8. The van der Waals surface area contributed by atoms with Crippen LogP contribution in [-0.4, -0.2) is 30.6 Å². The quantitative estimate of drug-likeness (QED) is 0.155. The molecule has 7 nitrogen and oxygen atoms in total. The van der Waals surface area contributed by atoms with Crippen LogP contribution in [0, 0.1) is 0 Å². The molecule has 0 aliphatic heterocycles. The highest BCUT2D eigenvalue weighted by Crippen LogP contribution is 2.44. The van der Waals surface area contributed by atoms with Crippen molar-refractivity contribution in [2.24, 2.45) is 0 Å². The second-order valence-electron chi connectivity index (χ2n) is 12.6. The smallest absolute Gasteiger partial charge is 0.343 e. The fourth-order valence-corrected chi connectivity index (χ4v) is 6.95. The molecule has 0 aliphatic rings. The van der Waals surface area contributed by atoms with E-state index in [4.69, 9.17) is 0 Å². The average Bonchev–Trinajstić information content (AvgIpc) is 3.77. The van der Waals surface area contributed by atoms with E-state index < -0.39 is 29.2 Å². The van der Waals surface area contributed by atoms with Crippen LogP contribution in [0.25, 0.3) is 33.2 Å².